The summed E-state index contributed by atoms with van der Waals surface area (Å²) in [6, 6.07) is 20.5. The summed E-state index contributed by atoms with van der Waals surface area (Å²) < 4.78 is 19.0. The first-order valence-corrected chi connectivity index (χ1v) is 10.5. The Bertz CT molecular complexity index is 1300. The fourth-order valence-corrected chi connectivity index (χ4v) is 4.23. The zero-order chi connectivity index (χ0) is 22.2. The highest BCUT2D eigenvalue weighted by atomic mass is 16.5. The summed E-state index contributed by atoms with van der Waals surface area (Å²) in [4.78, 5) is 4.87. The smallest absolute Gasteiger partial charge is 0.209 e. The number of fused-ring (bicyclic) bond motifs is 3. The van der Waals surface area contributed by atoms with Crippen molar-refractivity contribution in [3.05, 3.63) is 83.4 Å². The van der Waals surface area contributed by atoms with E-state index in [1.165, 1.54) is 5.56 Å². The van der Waals surface area contributed by atoms with Crippen LogP contribution in [0.2, 0.25) is 0 Å². The van der Waals surface area contributed by atoms with Gasteiger partial charge in [-0.05, 0) is 48.4 Å². The first-order chi connectivity index (χ1) is 15.6. The van der Waals surface area contributed by atoms with Crippen LogP contribution >= 0.6 is 0 Å². The lowest BCUT2D eigenvalue weighted by molar-refractivity contribution is 0.323. The summed E-state index contributed by atoms with van der Waals surface area (Å²) in [5.41, 5.74) is 6.32. The molecule has 0 radical (unpaired) electrons. The maximum absolute atomic E-state index is 5.63. The number of ether oxygens (including phenoxy) is 3. The molecule has 0 aliphatic carbocycles. The number of imidazole rings is 1. The van der Waals surface area contributed by atoms with Gasteiger partial charge in [0.2, 0.25) is 11.7 Å². The molecule has 1 unspecified atom stereocenters. The van der Waals surface area contributed by atoms with Crippen LogP contribution in [0.15, 0.2) is 66.7 Å². The summed E-state index contributed by atoms with van der Waals surface area (Å²) >= 11 is 0. The Kier molecular flexibility index (Phi) is 4.98. The number of anilines is 1. The number of methoxy groups -OCH3 is 3. The molecular formula is C26H25N3O3. The van der Waals surface area contributed by atoms with Crippen molar-refractivity contribution in [2.24, 2.45) is 0 Å². The fraction of sp³-hybridized carbons (Fsp3) is 0.192. The topological polar surface area (TPSA) is 57.5 Å². The van der Waals surface area contributed by atoms with Crippen molar-refractivity contribution in [2.75, 3.05) is 26.6 Å². The van der Waals surface area contributed by atoms with E-state index < -0.39 is 0 Å². The van der Waals surface area contributed by atoms with E-state index in [1.54, 1.807) is 21.3 Å². The summed E-state index contributed by atoms with van der Waals surface area (Å²) in [6.07, 6.45) is 2.21. The number of benzene rings is 3. The Balaban J connectivity index is 1.74. The molecule has 6 nitrogen and oxygen atoms in total. The van der Waals surface area contributed by atoms with Gasteiger partial charge in [-0.2, -0.15) is 0 Å². The highest BCUT2D eigenvalue weighted by Gasteiger charge is 2.27. The van der Waals surface area contributed by atoms with Crippen molar-refractivity contribution in [1.29, 1.82) is 0 Å². The lowest BCUT2D eigenvalue weighted by Gasteiger charge is -2.27. The summed E-state index contributed by atoms with van der Waals surface area (Å²) in [7, 11) is 4.88. The van der Waals surface area contributed by atoms with E-state index in [0.717, 1.165) is 33.8 Å². The number of nitrogens with one attached hydrogen (secondary N) is 1. The van der Waals surface area contributed by atoms with Crippen LogP contribution in [0.5, 0.6) is 17.2 Å². The van der Waals surface area contributed by atoms with Crippen molar-refractivity contribution in [1.82, 2.24) is 9.55 Å². The van der Waals surface area contributed by atoms with Gasteiger partial charge in [0.25, 0.3) is 0 Å². The van der Waals surface area contributed by atoms with E-state index in [1.807, 2.05) is 30.3 Å². The van der Waals surface area contributed by atoms with Crippen LogP contribution in [-0.4, -0.2) is 30.9 Å². The lowest BCUT2D eigenvalue weighted by Crippen LogP contribution is -2.19. The first-order valence-electron chi connectivity index (χ1n) is 10.5. The van der Waals surface area contributed by atoms with Gasteiger partial charge in [0.1, 0.15) is 0 Å². The van der Waals surface area contributed by atoms with E-state index in [2.05, 4.69) is 53.2 Å². The normalized spacial score (nSPS) is 15.0. The van der Waals surface area contributed by atoms with Gasteiger partial charge < -0.3 is 19.5 Å². The molecule has 2 heterocycles. The third-order valence-electron chi connectivity index (χ3n) is 5.84. The maximum Gasteiger partial charge on any atom is 0.209 e. The molecule has 0 spiro atoms. The lowest BCUT2D eigenvalue weighted by atomic mass is 9.99. The third kappa shape index (κ3) is 3.24. The van der Waals surface area contributed by atoms with Crippen LogP contribution in [0.1, 0.15) is 22.7 Å². The second kappa shape index (κ2) is 7.96. The first kappa shape index (κ1) is 20.0. The SMILES string of the molecule is COc1cc(C2C=C(c3ccc(C)cc3)Nc3nc4ccccc4n32)cc(OC)c1OC. The van der Waals surface area contributed by atoms with Crippen LogP contribution in [0.4, 0.5) is 5.95 Å². The van der Waals surface area contributed by atoms with Gasteiger partial charge in [-0.15, -0.1) is 0 Å². The molecule has 0 bridgehead atoms. The minimum Gasteiger partial charge on any atom is -0.493 e. The number of rotatable bonds is 5. The Morgan fingerprint density at radius 1 is 0.875 bits per heavy atom. The zero-order valence-electron chi connectivity index (χ0n) is 18.5. The Morgan fingerprint density at radius 3 is 2.22 bits per heavy atom. The van der Waals surface area contributed by atoms with E-state index in [4.69, 9.17) is 19.2 Å². The Labute approximate surface area is 187 Å². The number of hydrogen-bond acceptors (Lipinski definition) is 5. The summed E-state index contributed by atoms with van der Waals surface area (Å²) in [5.74, 6) is 2.61. The number of nitrogens with zero attached hydrogens (tertiary/aromatic N) is 2. The minimum absolute atomic E-state index is 0.122. The van der Waals surface area contributed by atoms with Crippen LogP contribution < -0.4 is 19.5 Å². The van der Waals surface area contributed by atoms with Crippen LogP contribution in [0, 0.1) is 6.92 Å². The van der Waals surface area contributed by atoms with Gasteiger partial charge in [-0.1, -0.05) is 42.0 Å². The molecule has 0 saturated carbocycles. The van der Waals surface area contributed by atoms with E-state index in [0.29, 0.717) is 17.2 Å². The highest BCUT2D eigenvalue weighted by Crippen LogP contribution is 2.43. The number of hydrogen-bond donors (Lipinski definition) is 1. The monoisotopic (exact) mass is 427 g/mol. The molecule has 1 atom stereocenters. The second-order valence-corrected chi connectivity index (χ2v) is 7.77. The molecule has 1 aliphatic heterocycles. The Morgan fingerprint density at radius 2 is 1.56 bits per heavy atom. The van der Waals surface area contributed by atoms with Crippen molar-refractivity contribution in [2.45, 2.75) is 13.0 Å². The molecule has 5 rings (SSSR count). The van der Waals surface area contributed by atoms with E-state index in [-0.39, 0.29) is 6.04 Å². The minimum atomic E-state index is -0.122. The van der Waals surface area contributed by atoms with Crippen molar-refractivity contribution < 1.29 is 14.2 Å². The van der Waals surface area contributed by atoms with Gasteiger partial charge in [-0.3, -0.25) is 4.57 Å². The summed E-state index contributed by atoms with van der Waals surface area (Å²) in [6.45, 7) is 2.09. The molecule has 0 saturated heterocycles. The second-order valence-electron chi connectivity index (χ2n) is 7.77. The van der Waals surface area contributed by atoms with Crippen LogP contribution in [0.25, 0.3) is 16.7 Å². The number of allylic oxidation sites excluding steroid dienone is 1. The van der Waals surface area contributed by atoms with Crippen molar-refractivity contribution in [3.63, 3.8) is 0 Å². The van der Waals surface area contributed by atoms with E-state index >= 15 is 0 Å². The molecule has 0 fully saturated rings. The average Bonchev–Trinajstić information content (AvgIpc) is 3.21. The van der Waals surface area contributed by atoms with Gasteiger partial charge >= 0.3 is 0 Å². The van der Waals surface area contributed by atoms with Gasteiger partial charge in [0.15, 0.2) is 11.5 Å². The average molecular weight is 428 g/mol. The number of para-hydroxylation sites is 2. The molecule has 3 aromatic carbocycles. The molecule has 1 aliphatic rings. The highest BCUT2D eigenvalue weighted by molar-refractivity contribution is 5.85. The van der Waals surface area contributed by atoms with Gasteiger partial charge in [0, 0.05) is 5.70 Å². The zero-order valence-corrected chi connectivity index (χ0v) is 18.5. The quantitative estimate of drug-likeness (QED) is 0.460. The molecule has 1 N–H and O–H groups in total. The molecule has 162 valence electrons. The fourth-order valence-electron chi connectivity index (χ4n) is 4.23. The van der Waals surface area contributed by atoms with Crippen LogP contribution in [0.3, 0.4) is 0 Å². The molecule has 1 aromatic heterocycles. The predicted octanol–water partition coefficient (Wildman–Crippen LogP) is 5.43. The molecule has 6 heteroatoms. The van der Waals surface area contributed by atoms with Crippen molar-refractivity contribution in [3.8, 4) is 17.2 Å². The maximum atomic E-state index is 5.63. The number of aromatic nitrogens is 2. The molecule has 0 amide bonds. The number of aryl methyl sites for hydroxylation is 1. The largest absolute Gasteiger partial charge is 0.493 e. The predicted molar refractivity (Wildman–Crippen MR) is 127 cm³/mol. The molecule has 32 heavy (non-hydrogen) atoms. The van der Waals surface area contributed by atoms with Crippen molar-refractivity contribution >= 4 is 22.7 Å². The third-order valence-corrected chi connectivity index (χ3v) is 5.84. The summed E-state index contributed by atoms with van der Waals surface area (Å²) in [5, 5.41) is 3.53. The van der Waals surface area contributed by atoms with Gasteiger partial charge in [0.05, 0.1) is 38.4 Å². The van der Waals surface area contributed by atoms with E-state index in [9.17, 15) is 0 Å². The molecule has 4 aromatic rings. The Hall–Kier alpha value is -3.93. The van der Waals surface area contributed by atoms with Crippen LogP contribution in [-0.2, 0) is 0 Å². The standard InChI is InChI=1S/C26H25N3O3/c1-16-9-11-17(12-10-16)20-15-22(18-13-23(30-2)25(32-4)24(14-18)31-3)29-21-8-6-5-7-19(21)27-26(29)28-20/h5-15,22H,1-4H3,(H,27,28). The van der Waals surface area contributed by atoms with Gasteiger partial charge in [-0.25, -0.2) is 4.98 Å². The molecular weight excluding hydrogens is 402 g/mol.